The van der Waals surface area contributed by atoms with Crippen LogP contribution in [0, 0.1) is 12.7 Å². The number of amides is 1. The van der Waals surface area contributed by atoms with E-state index >= 15 is 0 Å². The van der Waals surface area contributed by atoms with Gasteiger partial charge in [0.25, 0.3) is 0 Å². The molecule has 0 saturated carbocycles. The van der Waals surface area contributed by atoms with E-state index in [0.717, 1.165) is 11.8 Å². The molecule has 1 saturated heterocycles. The number of nitrogens with zero attached hydrogens (tertiary/aromatic N) is 4. The van der Waals surface area contributed by atoms with Crippen LogP contribution in [-0.2, 0) is 9.53 Å². The number of anilines is 3. The fraction of sp³-hybridized carbons (Fsp3) is 0.333. The number of halogens is 2. The van der Waals surface area contributed by atoms with Crippen LogP contribution in [0.15, 0.2) is 29.5 Å². The van der Waals surface area contributed by atoms with Crippen molar-refractivity contribution in [2.45, 2.75) is 13.3 Å². The van der Waals surface area contributed by atoms with Gasteiger partial charge in [0, 0.05) is 19.3 Å². The van der Waals surface area contributed by atoms with Crippen LogP contribution in [0.3, 0.4) is 0 Å². The smallest absolute Gasteiger partial charge is 0.245 e. The fourth-order valence-electron chi connectivity index (χ4n) is 2.62. The quantitative estimate of drug-likeness (QED) is 0.566. The number of carbonyl (C=O) groups is 1. The summed E-state index contributed by atoms with van der Waals surface area (Å²) < 4.78 is 19.2. The van der Waals surface area contributed by atoms with Gasteiger partial charge in [0.1, 0.15) is 0 Å². The van der Waals surface area contributed by atoms with Crippen LogP contribution in [0.5, 0.6) is 0 Å². The molecule has 2 aromatic rings. The van der Waals surface area contributed by atoms with Gasteiger partial charge in [0.15, 0.2) is 11.6 Å². The lowest BCUT2D eigenvalue weighted by atomic mass is 10.2. The van der Waals surface area contributed by atoms with Gasteiger partial charge in [-0.2, -0.15) is 10.1 Å². The van der Waals surface area contributed by atoms with Crippen molar-refractivity contribution >= 4 is 41.2 Å². The highest BCUT2D eigenvalue weighted by Gasteiger charge is 2.17. The van der Waals surface area contributed by atoms with E-state index < -0.39 is 5.82 Å². The summed E-state index contributed by atoms with van der Waals surface area (Å²) in [5, 5.41) is 7.14. The van der Waals surface area contributed by atoms with E-state index in [0.29, 0.717) is 37.0 Å². The third-order valence-corrected chi connectivity index (χ3v) is 4.37. The second-order valence-corrected chi connectivity index (χ2v) is 6.48. The number of hydrazone groups is 1. The first-order valence-electron chi connectivity index (χ1n) is 8.72. The van der Waals surface area contributed by atoms with Crippen LogP contribution in [0.4, 0.5) is 21.8 Å². The topological polar surface area (TPSA) is 91.7 Å². The summed E-state index contributed by atoms with van der Waals surface area (Å²) >= 11 is 6.09. The zero-order chi connectivity index (χ0) is 19.9. The molecule has 3 rings (SSSR count). The molecule has 0 atom stereocenters. The number of ether oxygens (including phenoxy) is 1. The summed E-state index contributed by atoms with van der Waals surface area (Å²) in [6.45, 7) is 4.00. The molecule has 28 heavy (non-hydrogen) atoms. The van der Waals surface area contributed by atoms with Gasteiger partial charge < -0.3 is 15.0 Å². The predicted molar refractivity (Wildman–Crippen MR) is 107 cm³/mol. The highest BCUT2D eigenvalue weighted by Crippen LogP contribution is 2.25. The SMILES string of the molecule is Cc1cccc(Cl)c1NC(=O)C/C=N/Nc1ncc(F)c(N2CCOCC2)n1. The van der Waals surface area contributed by atoms with E-state index in [1.807, 2.05) is 19.1 Å². The number of benzene rings is 1. The monoisotopic (exact) mass is 406 g/mol. The molecule has 0 radical (unpaired) electrons. The predicted octanol–water partition coefficient (Wildman–Crippen LogP) is 2.84. The minimum atomic E-state index is -0.508. The van der Waals surface area contributed by atoms with Crippen molar-refractivity contribution in [3.05, 3.63) is 40.8 Å². The second-order valence-electron chi connectivity index (χ2n) is 6.07. The average Bonchev–Trinajstić information content (AvgIpc) is 2.70. The minimum Gasteiger partial charge on any atom is -0.378 e. The summed E-state index contributed by atoms with van der Waals surface area (Å²) in [5.74, 6) is -0.439. The number of para-hydroxylation sites is 1. The number of morpholine rings is 1. The Morgan fingerprint density at radius 3 is 2.96 bits per heavy atom. The molecular formula is C18H20ClFN6O2. The van der Waals surface area contributed by atoms with Crippen molar-refractivity contribution in [1.82, 2.24) is 9.97 Å². The lowest BCUT2D eigenvalue weighted by Gasteiger charge is -2.27. The number of hydrogen-bond acceptors (Lipinski definition) is 7. The van der Waals surface area contributed by atoms with Crippen molar-refractivity contribution < 1.29 is 13.9 Å². The van der Waals surface area contributed by atoms with Crippen LogP contribution < -0.4 is 15.6 Å². The molecule has 0 spiro atoms. The van der Waals surface area contributed by atoms with Gasteiger partial charge in [-0.25, -0.2) is 14.8 Å². The molecule has 0 unspecified atom stereocenters. The summed E-state index contributed by atoms with van der Waals surface area (Å²) in [6, 6.07) is 5.37. The first kappa shape index (κ1) is 20.0. The molecule has 1 aliphatic rings. The van der Waals surface area contributed by atoms with Crippen LogP contribution in [0.2, 0.25) is 5.02 Å². The first-order chi connectivity index (χ1) is 13.5. The lowest BCUT2D eigenvalue weighted by molar-refractivity contribution is -0.115. The molecular weight excluding hydrogens is 387 g/mol. The van der Waals surface area contributed by atoms with E-state index in [1.165, 1.54) is 6.21 Å². The van der Waals surface area contributed by atoms with E-state index in [2.05, 4.69) is 25.8 Å². The van der Waals surface area contributed by atoms with E-state index in [-0.39, 0.29) is 24.1 Å². The zero-order valence-corrected chi connectivity index (χ0v) is 16.0. The van der Waals surface area contributed by atoms with Crippen LogP contribution in [0.25, 0.3) is 0 Å². The number of hydrogen-bond donors (Lipinski definition) is 2. The van der Waals surface area contributed by atoms with Gasteiger partial charge in [-0.3, -0.25) is 4.79 Å². The maximum absolute atomic E-state index is 14.0. The third kappa shape index (κ3) is 5.14. The molecule has 10 heteroatoms. The largest absolute Gasteiger partial charge is 0.378 e. The van der Waals surface area contributed by atoms with Crippen molar-refractivity contribution in [3.63, 3.8) is 0 Å². The molecule has 0 aliphatic carbocycles. The van der Waals surface area contributed by atoms with Crippen LogP contribution in [0.1, 0.15) is 12.0 Å². The third-order valence-electron chi connectivity index (χ3n) is 4.06. The van der Waals surface area contributed by atoms with Crippen molar-refractivity contribution in [2.75, 3.05) is 41.9 Å². The number of carbonyl (C=O) groups excluding carboxylic acids is 1. The Labute approximate surface area is 166 Å². The number of aryl methyl sites for hydroxylation is 1. The first-order valence-corrected chi connectivity index (χ1v) is 9.10. The maximum atomic E-state index is 14.0. The molecule has 1 aromatic carbocycles. The standard InChI is InChI=1S/C18H20ClFN6O2/c1-12-3-2-4-13(19)16(12)23-15(27)5-6-22-25-18-21-11-14(20)17(24-18)26-7-9-28-10-8-26/h2-4,6,11H,5,7-10H2,1H3,(H,23,27)(H,21,24,25)/b22-6+. The van der Waals surface area contributed by atoms with E-state index in [4.69, 9.17) is 16.3 Å². The van der Waals surface area contributed by atoms with Crippen molar-refractivity contribution in [1.29, 1.82) is 0 Å². The highest BCUT2D eigenvalue weighted by molar-refractivity contribution is 6.34. The number of aromatic nitrogens is 2. The van der Waals surface area contributed by atoms with Gasteiger partial charge in [-0.1, -0.05) is 23.7 Å². The summed E-state index contributed by atoms with van der Waals surface area (Å²) in [7, 11) is 0. The van der Waals surface area contributed by atoms with Gasteiger partial charge in [0.2, 0.25) is 11.9 Å². The molecule has 1 aliphatic heterocycles. The Bertz CT molecular complexity index is 853. The van der Waals surface area contributed by atoms with Gasteiger partial charge >= 0.3 is 0 Å². The van der Waals surface area contributed by atoms with E-state index in [9.17, 15) is 9.18 Å². The Hall–Kier alpha value is -2.78. The lowest BCUT2D eigenvalue weighted by Crippen LogP contribution is -2.37. The Morgan fingerprint density at radius 2 is 2.21 bits per heavy atom. The van der Waals surface area contributed by atoms with Gasteiger partial charge in [-0.15, -0.1) is 0 Å². The molecule has 8 nitrogen and oxygen atoms in total. The Morgan fingerprint density at radius 1 is 1.43 bits per heavy atom. The summed E-state index contributed by atoms with van der Waals surface area (Å²) in [6.07, 6.45) is 2.49. The molecule has 148 valence electrons. The van der Waals surface area contributed by atoms with Crippen LogP contribution >= 0.6 is 11.6 Å². The fourth-order valence-corrected chi connectivity index (χ4v) is 2.89. The minimum absolute atomic E-state index is 0.0230. The number of rotatable bonds is 6. The van der Waals surface area contributed by atoms with Gasteiger partial charge in [0.05, 0.1) is 36.5 Å². The molecule has 2 heterocycles. The van der Waals surface area contributed by atoms with E-state index in [1.54, 1.807) is 11.0 Å². The summed E-state index contributed by atoms with van der Waals surface area (Å²) in [5.41, 5.74) is 4.05. The molecule has 1 amide bonds. The molecule has 1 aromatic heterocycles. The molecule has 0 bridgehead atoms. The second kappa shape index (κ2) is 9.43. The normalized spacial score (nSPS) is 14.3. The summed E-state index contributed by atoms with van der Waals surface area (Å²) in [4.78, 5) is 21.8. The van der Waals surface area contributed by atoms with Crippen molar-refractivity contribution in [3.8, 4) is 0 Å². The Balaban J connectivity index is 1.55. The van der Waals surface area contributed by atoms with Crippen LogP contribution in [-0.4, -0.2) is 48.4 Å². The average molecular weight is 407 g/mol. The zero-order valence-electron chi connectivity index (χ0n) is 15.3. The maximum Gasteiger partial charge on any atom is 0.245 e. The molecule has 2 N–H and O–H groups in total. The molecule has 1 fully saturated rings. The highest BCUT2D eigenvalue weighted by atomic mass is 35.5. The number of nitrogens with one attached hydrogen (secondary N) is 2. The van der Waals surface area contributed by atoms with Gasteiger partial charge in [-0.05, 0) is 18.6 Å². The van der Waals surface area contributed by atoms with Crippen molar-refractivity contribution in [2.24, 2.45) is 5.10 Å². The Kier molecular flexibility index (Phi) is 6.72.